The number of methoxy groups -OCH3 is 1. The Labute approximate surface area is 130 Å². The van der Waals surface area contributed by atoms with Gasteiger partial charge in [0.15, 0.2) is 0 Å². The minimum Gasteiger partial charge on any atom is -0.467 e. The summed E-state index contributed by atoms with van der Waals surface area (Å²) in [4.78, 5) is 25.6. The van der Waals surface area contributed by atoms with E-state index in [0.29, 0.717) is 19.5 Å². The van der Waals surface area contributed by atoms with E-state index in [1.165, 1.54) is 12.0 Å². The topological polar surface area (TPSA) is 81.9 Å². The SMILES string of the molecule is COC(=O)C1CC(CN)CCN1C(=O)OCc1ccccc1. The fourth-order valence-corrected chi connectivity index (χ4v) is 2.63. The fraction of sp³-hybridized carbons (Fsp3) is 0.500. The van der Waals surface area contributed by atoms with Crippen LogP contribution in [0.4, 0.5) is 4.79 Å². The monoisotopic (exact) mass is 306 g/mol. The number of hydrogen-bond donors (Lipinski definition) is 1. The number of hydrogen-bond acceptors (Lipinski definition) is 5. The van der Waals surface area contributed by atoms with E-state index in [1.807, 2.05) is 30.3 Å². The summed E-state index contributed by atoms with van der Waals surface area (Å²) in [6.07, 6.45) is 0.795. The van der Waals surface area contributed by atoms with Crippen molar-refractivity contribution < 1.29 is 19.1 Å². The van der Waals surface area contributed by atoms with E-state index in [-0.39, 0.29) is 12.5 Å². The second-order valence-corrected chi connectivity index (χ2v) is 5.40. The van der Waals surface area contributed by atoms with E-state index in [9.17, 15) is 9.59 Å². The molecule has 1 heterocycles. The van der Waals surface area contributed by atoms with E-state index in [1.54, 1.807) is 0 Å². The zero-order valence-electron chi connectivity index (χ0n) is 12.7. The first kappa shape index (κ1) is 16.3. The Hall–Kier alpha value is -2.08. The van der Waals surface area contributed by atoms with Crippen molar-refractivity contribution in [2.75, 3.05) is 20.2 Å². The van der Waals surface area contributed by atoms with E-state index in [0.717, 1.165) is 12.0 Å². The molecule has 0 aliphatic carbocycles. The fourth-order valence-electron chi connectivity index (χ4n) is 2.63. The molecule has 1 aliphatic heterocycles. The van der Waals surface area contributed by atoms with Crippen LogP contribution in [0, 0.1) is 5.92 Å². The molecular weight excluding hydrogens is 284 g/mol. The minimum atomic E-state index is -0.615. The van der Waals surface area contributed by atoms with Crippen molar-refractivity contribution >= 4 is 12.1 Å². The summed E-state index contributed by atoms with van der Waals surface area (Å²) in [5.41, 5.74) is 6.58. The second kappa shape index (κ2) is 7.79. The first-order chi connectivity index (χ1) is 10.7. The van der Waals surface area contributed by atoms with Crippen molar-refractivity contribution in [2.45, 2.75) is 25.5 Å². The molecule has 1 saturated heterocycles. The van der Waals surface area contributed by atoms with E-state index < -0.39 is 18.1 Å². The summed E-state index contributed by atoms with van der Waals surface area (Å²) in [6, 6.07) is 8.81. The minimum absolute atomic E-state index is 0.185. The Bertz CT molecular complexity index is 506. The van der Waals surface area contributed by atoms with Gasteiger partial charge in [-0.05, 0) is 30.9 Å². The molecule has 1 aliphatic rings. The summed E-state index contributed by atoms with van der Waals surface area (Å²) in [5.74, 6) is -0.197. The first-order valence-electron chi connectivity index (χ1n) is 7.41. The maximum Gasteiger partial charge on any atom is 0.410 e. The van der Waals surface area contributed by atoms with Crippen LogP contribution in [-0.4, -0.2) is 43.2 Å². The molecule has 2 N–H and O–H groups in total. The molecule has 120 valence electrons. The molecule has 0 aromatic heterocycles. The molecule has 2 rings (SSSR count). The lowest BCUT2D eigenvalue weighted by atomic mass is 9.91. The third-order valence-corrected chi connectivity index (χ3v) is 3.96. The normalized spacial score (nSPS) is 21.3. The molecule has 6 heteroatoms. The first-order valence-corrected chi connectivity index (χ1v) is 7.41. The Balaban J connectivity index is 1.98. The Morgan fingerprint density at radius 1 is 1.32 bits per heavy atom. The number of rotatable bonds is 4. The maximum absolute atomic E-state index is 12.3. The number of ether oxygens (including phenoxy) is 2. The number of esters is 1. The van der Waals surface area contributed by atoms with Gasteiger partial charge in [0.2, 0.25) is 0 Å². The third-order valence-electron chi connectivity index (χ3n) is 3.96. The van der Waals surface area contributed by atoms with Crippen LogP contribution in [0.1, 0.15) is 18.4 Å². The Morgan fingerprint density at radius 2 is 2.05 bits per heavy atom. The molecule has 2 unspecified atom stereocenters. The number of carbonyl (C=O) groups is 2. The number of benzene rings is 1. The van der Waals surface area contributed by atoms with Crippen molar-refractivity contribution in [2.24, 2.45) is 11.7 Å². The molecule has 1 aromatic rings. The second-order valence-electron chi connectivity index (χ2n) is 5.40. The summed E-state index contributed by atoms with van der Waals surface area (Å²) in [5, 5.41) is 0. The van der Waals surface area contributed by atoms with Crippen LogP contribution >= 0.6 is 0 Å². The third kappa shape index (κ3) is 3.98. The van der Waals surface area contributed by atoms with Gasteiger partial charge in [0.1, 0.15) is 12.6 Å². The number of likely N-dealkylation sites (tertiary alicyclic amines) is 1. The number of carbonyl (C=O) groups excluding carboxylic acids is 2. The number of amides is 1. The smallest absolute Gasteiger partial charge is 0.410 e. The van der Waals surface area contributed by atoms with Gasteiger partial charge in [-0.2, -0.15) is 0 Å². The molecule has 2 atom stereocenters. The van der Waals surface area contributed by atoms with Gasteiger partial charge in [0, 0.05) is 6.54 Å². The Kier molecular flexibility index (Phi) is 5.77. The summed E-state index contributed by atoms with van der Waals surface area (Å²) in [6.45, 7) is 1.14. The standard InChI is InChI=1S/C16H22N2O4/c1-21-15(19)14-9-13(10-17)7-8-18(14)16(20)22-11-12-5-3-2-4-6-12/h2-6,13-14H,7-11,17H2,1H3. The molecule has 1 amide bonds. The van der Waals surface area contributed by atoms with Crippen LogP contribution in [0.25, 0.3) is 0 Å². The number of nitrogens with two attached hydrogens (primary N) is 1. The predicted molar refractivity (Wildman–Crippen MR) is 80.9 cm³/mol. The van der Waals surface area contributed by atoms with Crippen LogP contribution in [0.5, 0.6) is 0 Å². The quantitative estimate of drug-likeness (QED) is 0.853. The van der Waals surface area contributed by atoms with Crippen molar-refractivity contribution in [1.82, 2.24) is 4.90 Å². The highest BCUT2D eigenvalue weighted by Gasteiger charge is 2.37. The molecule has 0 saturated carbocycles. The van der Waals surface area contributed by atoms with Crippen molar-refractivity contribution in [3.05, 3.63) is 35.9 Å². The molecule has 0 bridgehead atoms. The van der Waals surface area contributed by atoms with Gasteiger partial charge >= 0.3 is 12.1 Å². The molecule has 0 spiro atoms. The average Bonchev–Trinajstić information content (AvgIpc) is 2.59. The van der Waals surface area contributed by atoms with Crippen LogP contribution in [0.3, 0.4) is 0 Å². The van der Waals surface area contributed by atoms with Gasteiger partial charge < -0.3 is 15.2 Å². The number of nitrogens with zero attached hydrogens (tertiary/aromatic N) is 1. The van der Waals surface area contributed by atoms with Crippen molar-refractivity contribution in [1.29, 1.82) is 0 Å². The average molecular weight is 306 g/mol. The Morgan fingerprint density at radius 3 is 2.68 bits per heavy atom. The molecular formula is C16H22N2O4. The highest BCUT2D eigenvalue weighted by atomic mass is 16.6. The van der Waals surface area contributed by atoms with Crippen LogP contribution < -0.4 is 5.73 Å². The summed E-state index contributed by atoms with van der Waals surface area (Å²) >= 11 is 0. The highest BCUT2D eigenvalue weighted by Crippen LogP contribution is 2.24. The largest absolute Gasteiger partial charge is 0.467 e. The lowest BCUT2D eigenvalue weighted by Gasteiger charge is -2.36. The van der Waals surface area contributed by atoms with Gasteiger partial charge in [-0.25, -0.2) is 9.59 Å². The van der Waals surface area contributed by atoms with Gasteiger partial charge in [-0.15, -0.1) is 0 Å². The van der Waals surface area contributed by atoms with Crippen molar-refractivity contribution in [3.63, 3.8) is 0 Å². The lowest BCUT2D eigenvalue weighted by Crippen LogP contribution is -2.51. The van der Waals surface area contributed by atoms with Gasteiger partial charge in [-0.1, -0.05) is 30.3 Å². The maximum atomic E-state index is 12.3. The van der Waals surface area contributed by atoms with E-state index in [4.69, 9.17) is 15.2 Å². The van der Waals surface area contributed by atoms with Gasteiger partial charge in [0.25, 0.3) is 0 Å². The van der Waals surface area contributed by atoms with Gasteiger partial charge in [0.05, 0.1) is 7.11 Å². The predicted octanol–water partition coefficient (Wildman–Crippen LogP) is 1.54. The van der Waals surface area contributed by atoms with Crippen LogP contribution in [0.15, 0.2) is 30.3 Å². The zero-order valence-corrected chi connectivity index (χ0v) is 12.7. The zero-order chi connectivity index (χ0) is 15.9. The lowest BCUT2D eigenvalue weighted by molar-refractivity contribution is -0.148. The number of piperidine rings is 1. The summed E-state index contributed by atoms with van der Waals surface area (Å²) in [7, 11) is 1.32. The molecule has 1 aromatic carbocycles. The van der Waals surface area contributed by atoms with Crippen molar-refractivity contribution in [3.8, 4) is 0 Å². The molecule has 0 radical (unpaired) electrons. The molecule has 22 heavy (non-hydrogen) atoms. The summed E-state index contributed by atoms with van der Waals surface area (Å²) < 4.78 is 10.1. The van der Waals surface area contributed by atoms with Gasteiger partial charge in [-0.3, -0.25) is 4.90 Å². The molecule has 1 fully saturated rings. The van der Waals surface area contributed by atoms with Crippen LogP contribution in [-0.2, 0) is 20.9 Å². The van der Waals surface area contributed by atoms with E-state index >= 15 is 0 Å². The van der Waals surface area contributed by atoms with Crippen LogP contribution in [0.2, 0.25) is 0 Å². The highest BCUT2D eigenvalue weighted by molar-refractivity contribution is 5.81. The van der Waals surface area contributed by atoms with E-state index in [2.05, 4.69) is 0 Å². The molecule has 6 nitrogen and oxygen atoms in total.